The van der Waals surface area contributed by atoms with Crippen LogP contribution < -0.4 is 10.7 Å². The summed E-state index contributed by atoms with van der Waals surface area (Å²) in [7, 11) is 1.34. The lowest BCUT2D eigenvalue weighted by atomic mass is 9.90. The predicted octanol–water partition coefficient (Wildman–Crippen LogP) is 5.27. The molecule has 1 aromatic carbocycles. The highest BCUT2D eigenvalue weighted by molar-refractivity contribution is 5.82. The number of carbonyl (C=O) groups excluding carboxylic acids is 2. The van der Waals surface area contributed by atoms with E-state index in [9.17, 15) is 32.7 Å². The fourth-order valence-electron chi connectivity index (χ4n) is 5.98. The van der Waals surface area contributed by atoms with E-state index in [-0.39, 0.29) is 64.9 Å². The molecule has 0 saturated carbocycles. The molecule has 0 aliphatic carbocycles. The third kappa shape index (κ3) is 9.79. The maximum atomic E-state index is 13.9. The minimum Gasteiger partial charge on any atom is -0.481 e. The molecule has 0 bridgehead atoms. The Morgan fingerprint density at radius 3 is 2.57 bits per heavy atom. The topological polar surface area (TPSA) is 148 Å². The van der Waals surface area contributed by atoms with Crippen LogP contribution in [0.15, 0.2) is 29.5 Å². The molecule has 2 atom stereocenters. The molecule has 272 valence electrons. The molecular weight excluding hydrogens is 653 g/mol. The second-order valence-electron chi connectivity index (χ2n) is 12.9. The number of benzene rings is 1. The summed E-state index contributed by atoms with van der Waals surface area (Å²) in [6.07, 6.45) is -3.05. The first-order valence-corrected chi connectivity index (χ1v) is 16.2. The highest BCUT2D eigenvalue weighted by atomic mass is 19.4. The highest BCUT2D eigenvalue weighted by Crippen LogP contribution is 2.40. The summed E-state index contributed by atoms with van der Waals surface area (Å²) >= 11 is 0. The first kappa shape index (κ1) is 37.8. The van der Waals surface area contributed by atoms with Crippen molar-refractivity contribution < 1.29 is 56.4 Å². The van der Waals surface area contributed by atoms with Crippen LogP contribution in [0.25, 0.3) is 5.70 Å². The molecule has 1 saturated heterocycles. The molecule has 1 fully saturated rings. The fourth-order valence-corrected chi connectivity index (χ4v) is 5.98. The molecule has 0 unspecified atom stereocenters. The second-order valence-corrected chi connectivity index (χ2v) is 12.9. The van der Waals surface area contributed by atoms with Crippen molar-refractivity contribution >= 4 is 29.4 Å². The molecule has 0 radical (unpaired) electrons. The Balaban J connectivity index is 1.78. The van der Waals surface area contributed by atoms with Crippen LogP contribution in [-0.2, 0) is 46.4 Å². The predicted molar refractivity (Wildman–Crippen MR) is 170 cm³/mol. The quantitative estimate of drug-likeness (QED) is 0.216. The number of rotatable bonds is 10. The fraction of sp³-hybridized carbons (Fsp3) is 0.606. The molecule has 3 aliphatic rings. The number of hydrogen-bond donors (Lipinski definition) is 3. The third-order valence-electron chi connectivity index (χ3n) is 8.04. The Labute approximate surface area is 283 Å². The van der Waals surface area contributed by atoms with Crippen LogP contribution in [0.3, 0.4) is 0 Å². The molecule has 49 heavy (non-hydrogen) atoms. The average Bonchev–Trinajstić information content (AvgIpc) is 3.10. The number of likely N-dealkylation sites (tertiary alicyclic amines) is 1. The number of fused-ring (bicyclic) bond motifs is 2. The van der Waals surface area contributed by atoms with E-state index in [0.717, 1.165) is 11.2 Å². The molecule has 13 nitrogen and oxygen atoms in total. The van der Waals surface area contributed by atoms with Gasteiger partial charge >= 0.3 is 24.2 Å². The number of halogens is 3. The first-order valence-electron chi connectivity index (χ1n) is 16.2. The van der Waals surface area contributed by atoms with Crippen LogP contribution in [0.2, 0.25) is 0 Å². The van der Waals surface area contributed by atoms with E-state index in [1.54, 1.807) is 39.8 Å². The van der Waals surface area contributed by atoms with Crippen LogP contribution in [0.1, 0.15) is 76.5 Å². The van der Waals surface area contributed by atoms with Crippen molar-refractivity contribution in [2.24, 2.45) is 0 Å². The summed E-state index contributed by atoms with van der Waals surface area (Å²) < 4.78 is 63.6. The lowest BCUT2D eigenvalue weighted by Crippen LogP contribution is -2.55. The molecule has 3 N–H and O–H groups in total. The number of ether oxygens (including phenoxy) is 4. The average molecular weight is 699 g/mol. The van der Waals surface area contributed by atoms with Crippen LogP contribution in [0.5, 0.6) is 0 Å². The van der Waals surface area contributed by atoms with Crippen LogP contribution in [0.4, 0.5) is 23.7 Å². The van der Waals surface area contributed by atoms with Gasteiger partial charge in [0.05, 0.1) is 18.9 Å². The number of hydrogen-bond acceptors (Lipinski definition) is 11. The standard InChI is InChI=1S/C33H45F3N4O9/c1-6-47-30(43)26-13-9-21(17-39(26)31(44)49-32(2,3)4)37-25-12-10-23-24(22(25)11-14-28(41)42)18-46-15-7-8-20-16-27(33(34,35)36)38-40(29(20)23)48-19-45-5/h10,12,16,21,26,37-38H,6-9,11,13-15,17-19H2,1-5H3,(H,41,42)/t21-,26+/m1/s1. The van der Waals surface area contributed by atoms with Gasteiger partial charge in [-0.3, -0.25) is 15.1 Å². The Bertz CT molecular complexity index is 1440. The summed E-state index contributed by atoms with van der Waals surface area (Å²) in [4.78, 5) is 44.8. The van der Waals surface area contributed by atoms with Gasteiger partial charge in [-0.2, -0.15) is 18.3 Å². The summed E-state index contributed by atoms with van der Waals surface area (Å²) in [5.41, 5.74) is 3.37. The molecule has 1 aromatic rings. The zero-order valence-electron chi connectivity index (χ0n) is 28.4. The monoisotopic (exact) mass is 698 g/mol. The number of amides is 1. The SMILES string of the molecule is CCOC(=O)[C@@H]1CC[C@@H](Nc2ccc3c(c2CCC(=O)O)COCCCC2=C3N(OCOC)NC(C(F)(F)F)=C2)CN1C(=O)OC(C)(C)C. The number of methoxy groups -OCH3 is 1. The summed E-state index contributed by atoms with van der Waals surface area (Å²) in [6, 6.07) is 2.23. The van der Waals surface area contributed by atoms with Crippen LogP contribution in [-0.4, -0.2) is 90.7 Å². The van der Waals surface area contributed by atoms with Crippen molar-refractivity contribution in [3.63, 3.8) is 0 Å². The summed E-state index contributed by atoms with van der Waals surface area (Å²) in [5.74, 6) is -1.57. The number of hydrazine groups is 1. The van der Waals surface area contributed by atoms with Crippen LogP contribution in [0, 0.1) is 0 Å². The smallest absolute Gasteiger partial charge is 0.432 e. The summed E-state index contributed by atoms with van der Waals surface area (Å²) in [5, 5.41) is 14.0. The van der Waals surface area contributed by atoms with E-state index in [0.29, 0.717) is 46.5 Å². The van der Waals surface area contributed by atoms with Crippen molar-refractivity contribution in [1.29, 1.82) is 0 Å². The molecular formula is C33H45F3N4O9. The minimum absolute atomic E-state index is 0.0458. The van der Waals surface area contributed by atoms with Gasteiger partial charge in [-0.25, -0.2) is 14.4 Å². The normalized spacial score (nSPS) is 20.1. The molecule has 16 heteroatoms. The number of nitrogens with one attached hydrogen (secondary N) is 2. The van der Waals surface area contributed by atoms with Crippen molar-refractivity contribution in [3.8, 4) is 0 Å². The molecule has 4 rings (SSSR count). The number of hydroxylamine groups is 1. The van der Waals surface area contributed by atoms with Crippen molar-refractivity contribution in [2.45, 2.75) is 96.7 Å². The summed E-state index contributed by atoms with van der Waals surface area (Å²) in [6.45, 7) is 7.05. The number of carboxylic acids is 1. The lowest BCUT2D eigenvalue weighted by molar-refractivity contribution is -0.214. The number of piperidine rings is 1. The first-order chi connectivity index (χ1) is 23.1. The number of anilines is 1. The minimum atomic E-state index is -4.69. The maximum Gasteiger partial charge on any atom is 0.432 e. The van der Waals surface area contributed by atoms with E-state index in [2.05, 4.69) is 10.7 Å². The molecule has 0 spiro atoms. The molecule has 3 aliphatic heterocycles. The van der Waals surface area contributed by atoms with Crippen molar-refractivity contribution in [2.75, 3.05) is 39.0 Å². The van der Waals surface area contributed by atoms with Gasteiger partial charge in [0.1, 0.15) is 17.3 Å². The molecule has 3 heterocycles. The van der Waals surface area contributed by atoms with E-state index in [1.165, 1.54) is 12.0 Å². The Morgan fingerprint density at radius 1 is 1.16 bits per heavy atom. The van der Waals surface area contributed by atoms with Crippen molar-refractivity contribution in [1.82, 2.24) is 15.5 Å². The Morgan fingerprint density at radius 2 is 1.92 bits per heavy atom. The maximum absolute atomic E-state index is 13.9. The third-order valence-corrected chi connectivity index (χ3v) is 8.04. The number of esters is 1. The second kappa shape index (κ2) is 16.1. The van der Waals surface area contributed by atoms with Gasteiger partial charge in [0.25, 0.3) is 0 Å². The van der Waals surface area contributed by atoms with E-state index < -0.39 is 41.5 Å². The number of alkyl halides is 3. The van der Waals surface area contributed by atoms with Gasteiger partial charge in [-0.05, 0) is 88.6 Å². The van der Waals surface area contributed by atoms with Gasteiger partial charge in [0.15, 0.2) is 6.79 Å². The number of carbonyl (C=O) groups is 3. The van der Waals surface area contributed by atoms with Gasteiger partial charge in [-0.15, -0.1) is 0 Å². The van der Waals surface area contributed by atoms with E-state index in [4.69, 9.17) is 23.8 Å². The van der Waals surface area contributed by atoms with Gasteiger partial charge in [0.2, 0.25) is 0 Å². The zero-order valence-corrected chi connectivity index (χ0v) is 28.4. The molecule has 0 aromatic heterocycles. The largest absolute Gasteiger partial charge is 0.481 e. The Hall–Kier alpha value is -4.02. The Kier molecular flexibility index (Phi) is 12.4. The zero-order chi connectivity index (χ0) is 35.9. The number of allylic oxidation sites excluding steroid dienone is 3. The van der Waals surface area contributed by atoms with Gasteiger partial charge < -0.3 is 29.4 Å². The van der Waals surface area contributed by atoms with Gasteiger partial charge in [0, 0.05) is 44.0 Å². The molecule has 1 amide bonds. The van der Waals surface area contributed by atoms with Gasteiger partial charge in [-0.1, -0.05) is 6.07 Å². The van der Waals surface area contributed by atoms with E-state index in [1.807, 2.05) is 0 Å². The number of aliphatic carboxylic acids is 1. The lowest BCUT2D eigenvalue weighted by Gasteiger charge is -2.39. The van der Waals surface area contributed by atoms with E-state index >= 15 is 0 Å². The van der Waals surface area contributed by atoms with Crippen molar-refractivity contribution in [3.05, 3.63) is 46.2 Å². The highest BCUT2D eigenvalue weighted by Gasteiger charge is 2.41. The number of carboxylic acid groups (broad SMARTS) is 1. The number of nitrogens with zero attached hydrogens (tertiary/aromatic N) is 2. The van der Waals surface area contributed by atoms with Crippen LogP contribution >= 0.6 is 0 Å².